The molecule has 0 heterocycles. The molecule has 0 nitrogen and oxygen atoms in total. The van der Waals surface area contributed by atoms with Gasteiger partial charge in [-0.25, -0.2) is 0 Å². The second-order valence-electron chi connectivity index (χ2n) is 2.37. The fourth-order valence-electron chi connectivity index (χ4n) is 0.824. The van der Waals surface area contributed by atoms with E-state index in [4.69, 9.17) is 6.42 Å². The minimum absolute atomic E-state index is 0.389. The maximum Gasteiger partial charge on any atom is 0.137 e. The van der Waals surface area contributed by atoms with Crippen LogP contribution < -0.4 is 5.19 Å². The Morgan fingerprint density at radius 3 is 2.40 bits per heavy atom. The van der Waals surface area contributed by atoms with Crippen LogP contribution in [0.1, 0.15) is 5.56 Å². The van der Waals surface area contributed by atoms with E-state index in [1.54, 1.807) is 0 Å². The standard InChI is InChI=1S/C9H10Si/c1-3-10-9-6-4-8(2)5-7-9/h1,4-7H,10H2,2H3. The summed E-state index contributed by atoms with van der Waals surface area (Å²) in [5, 5.41) is 1.35. The first kappa shape index (κ1) is 7.11. The van der Waals surface area contributed by atoms with Gasteiger partial charge in [-0.15, -0.1) is 12.0 Å². The Morgan fingerprint density at radius 1 is 1.30 bits per heavy atom. The van der Waals surface area contributed by atoms with E-state index >= 15 is 0 Å². The molecule has 0 fully saturated rings. The van der Waals surface area contributed by atoms with E-state index < -0.39 is 0 Å². The smallest absolute Gasteiger partial charge is 0.137 e. The average Bonchev–Trinajstić information content (AvgIpc) is 1.95. The molecular formula is C9H10Si. The van der Waals surface area contributed by atoms with Crippen LogP contribution in [0, 0.1) is 18.9 Å². The molecule has 1 rings (SSSR count). The second-order valence-corrected chi connectivity index (χ2v) is 3.94. The maximum atomic E-state index is 5.21. The van der Waals surface area contributed by atoms with Gasteiger partial charge < -0.3 is 0 Å². The number of rotatable bonds is 1. The molecule has 0 bridgehead atoms. The third-order valence-electron chi connectivity index (χ3n) is 1.43. The molecule has 1 aromatic carbocycles. The van der Waals surface area contributed by atoms with Crippen molar-refractivity contribution < 1.29 is 0 Å². The Kier molecular flexibility index (Phi) is 2.30. The number of terminal acetylenes is 1. The zero-order chi connectivity index (χ0) is 7.40. The molecule has 0 spiro atoms. The Bertz CT molecular complexity index is 240. The Balaban J connectivity index is 2.81. The first-order chi connectivity index (χ1) is 4.83. The van der Waals surface area contributed by atoms with Crippen LogP contribution in [0.2, 0.25) is 0 Å². The van der Waals surface area contributed by atoms with Crippen molar-refractivity contribution in [2.75, 3.05) is 0 Å². The summed E-state index contributed by atoms with van der Waals surface area (Å²) < 4.78 is 0. The average molecular weight is 146 g/mol. The lowest BCUT2D eigenvalue weighted by molar-refractivity contribution is 1.49. The minimum Gasteiger partial charge on any atom is -0.137 e. The van der Waals surface area contributed by atoms with Crippen LogP contribution in [0.15, 0.2) is 24.3 Å². The van der Waals surface area contributed by atoms with Crippen molar-refractivity contribution in [3.8, 4) is 12.0 Å². The van der Waals surface area contributed by atoms with Gasteiger partial charge in [0, 0.05) is 0 Å². The molecular weight excluding hydrogens is 136 g/mol. The Morgan fingerprint density at radius 2 is 1.90 bits per heavy atom. The maximum absolute atomic E-state index is 5.21. The lowest BCUT2D eigenvalue weighted by Gasteiger charge is -1.93. The summed E-state index contributed by atoms with van der Waals surface area (Å²) in [6.45, 7) is 2.08. The van der Waals surface area contributed by atoms with Crippen LogP contribution in [-0.2, 0) is 0 Å². The molecule has 0 aliphatic carbocycles. The van der Waals surface area contributed by atoms with Crippen molar-refractivity contribution in [3.05, 3.63) is 29.8 Å². The normalized spacial score (nSPS) is 10.0. The van der Waals surface area contributed by atoms with Gasteiger partial charge in [-0.2, -0.15) is 0 Å². The van der Waals surface area contributed by atoms with Gasteiger partial charge in [0.15, 0.2) is 0 Å². The summed E-state index contributed by atoms with van der Waals surface area (Å²) in [4.78, 5) is 0. The summed E-state index contributed by atoms with van der Waals surface area (Å²) in [6.07, 6.45) is 5.21. The van der Waals surface area contributed by atoms with Crippen molar-refractivity contribution in [2.45, 2.75) is 6.92 Å². The molecule has 50 valence electrons. The van der Waals surface area contributed by atoms with Crippen LogP contribution in [0.3, 0.4) is 0 Å². The minimum atomic E-state index is -0.389. The van der Waals surface area contributed by atoms with Gasteiger partial charge in [0.05, 0.1) is 0 Å². The van der Waals surface area contributed by atoms with Gasteiger partial charge in [-0.1, -0.05) is 35.0 Å². The summed E-state index contributed by atoms with van der Waals surface area (Å²) >= 11 is 0. The molecule has 1 aromatic rings. The lowest BCUT2D eigenvalue weighted by atomic mass is 10.2. The molecule has 1 heteroatoms. The van der Waals surface area contributed by atoms with Gasteiger partial charge in [-0.3, -0.25) is 0 Å². The molecule has 0 atom stereocenters. The fourth-order valence-corrected chi connectivity index (χ4v) is 1.53. The zero-order valence-corrected chi connectivity index (χ0v) is 7.51. The highest BCUT2D eigenvalue weighted by molar-refractivity contribution is 6.61. The van der Waals surface area contributed by atoms with E-state index in [0.717, 1.165) is 0 Å². The molecule has 0 aromatic heterocycles. The highest BCUT2D eigenvalue weighted by Gasteiger charge is 1.87. The lowest BCUT2D eigenvalue weighted by Crippen LogP contribution is -2.10. The summed E-state index contributed by atoms with van der Waals surface area (Å²) in [5.74, 6) is 0. The Labute approximate surface area is 64.1 Å². The van der Waals surface area contributed by atoms with Crippen LogP contribution in [0.4, 0.5) is 0 Å². The molecule has 0 aliphatic heterocycles. The van der Waals surface area contributed by atoms with Crippen LogP contribution in [-0.4, -0.2) is 9.52 Å². The van der Waals surface area contributed by atoms with E-state index in [0.29, 0.717) is 0 Å². The molecule has 0 amide bonds. The second kappa shape index (κ2) is 3.24. The number of hydrogen-bond acceptors (Lipinski definition) is 0. The molecule has 0 aliphatic rings. The molecule has 0 saturated carbocycles. The number of benzene rings is 1. The van der Waals surface area contributed by atoms with Crippen molar-refractivity contribution in [3.63, 3.8) is 0 Å². The largest absolute Gasteiger partial charge is 0.137 e. The predicted octanol–water partition coefficient (Wildman–Crippen LogP) is 0.380. The SMILES string of the molecule is C#C[SiH2]c1ccc(C)cc1. The van der Waals surface area contributed by atoms with E-state index in [2.05, 4.69) is 36.7 Å². The molecule has 0 radical (unpaired) electrons. The monoisotopic (exact) mass is 146 g/mol. The fraction of sp³-hybridized carbons (Fsp3) is 0.111. The Hall–Kier alpha value is -1.00. The summed E-state index contributed by atoms with van der Waals surface area (Å²) in [7, 11) is -0.389. The predicted molar refractivity (Wildman–Crippen MR) is 48.2 cm³/mol. The topological polar surface area (TPSA) is 0 Å². The highest BCUT2D eigenvalue weighted by Crippen LogP contribution is 1.91. The molecule has 0 saturated heterocycles. The van der Waals surface area contributed by atoms with Gasteiger partial charge >= 0.3 is 0 Å². The van der Waals surface area contributed by atoms with Crippen molar-refractivity contribution in [1.82, 2.24) is 0 Å². The molecule has 0 unspecified atom stereocenters. The molecule has 0 N–H and O–H groups in total. The van der Waals surface area contributed by atoms with Crippen LogP contribution in [0.25, 0.3) is 0 Å². The molecule has 10 heavy (non-hydrogen) atoms. The van der Waals surface area contributed by atoms with E-state index in [1.165, 1.54) is 10.8 Å². The van der Waals surface area contributed by atoms with Gasteiger partial charge in [0.25, 0.3) is 0 Å². The van der Waals surface area contributed by atoms with Crippen molar-refractivity contribution >= 4 is 14.7 Å². The van der Waals surface area contributed by atoms with Gasteiger partial charge in [-0.05, 0) is 6.92 Å². The third kappa shape index (κ3) is 1.75. The van der Waals surface area contributed by atoms with E-state index in [-0.39, 0.29) is 9.52 Å². The quantitative estimate of drug-likeness (QED) is 0.397. The highest BCUT2D eigenvalue weighted by atomic mass is 28.2. The van der Waals surface area contributed by atoms with Gasteiger partial charge in [0.2, 0.25) is 0 Å². The number of aryl methyl sites for hydroxylation is 1. The van der Waals surface area contributed by atoms with Crippen LogP contribution in [0.5, 0.6) is 0 Å². The zero-order valence-electron chi connectivity index (χ0n) is 6.09. The van der Waals surface area contributed by atoms with Gasteiger partial charge in [0.1, 0.15) is 9.52 Å². The van der Waals surface area contributed by atoms with E-state index in [9.17, 15) is 0 Å². The van der Waals surface area contributed by atoms with E-state index in [1.807, 2.05) is 0 Å². The number of hydrogen-bond donors (Lipinski definition) is 0. The van der Waals surface area contributed by atoms with Crippen molar-refractivity contribution in [1.29, 1.82) is 0 Å². The summed E-state index contributed by atoms with van der Waals surface area (Å²) in [5.41, 5.74) is 4.04. The third-order valence-corrected chi connectivity index (χ3v) is 2.51. The first-order valence-electron chi connectivity index (χ1n) is 3.32. The summed E-state index contributed by atoms with van der Waals surface area (Å²) in [6, 6.07) is 8.47. The van der Waals surface area contributed by atoms with Crippen molar-refractivity contribution in [2.24, 2.45) is 0 Å². The van der Waals surface area contributed by atoms with Crippen LogP contribution >= 0.6 is 0 Å². The first-order valence-corrected chi connectivity index (χ1v) is 4.73.